The van der Waals surface area contributed by atoms with Crippen molar-refractivity contribution >= 4 is 19.8 Å². The van der Waals surface area contributed by atoms with Crippen molar-refractivity contribution in [2.45, 2.75) is 315 Å². The predicted molar refractivity (Wildman–Crippen MR) is 284 cm³/mol. The van der Waals surface area contributed by atoms with Gasteiger partial charge in [-0.1, -0.05) is 270 Å². The molecule has 0 aliphatic heterocycles. The minimum absolute atomic E-state index is 0.0575. The Morgan fingerprint density at radius 2 is 0.731 bits per heavy atom. The zero-order valence-corrected chi connectivity index (χ0v) is 45.3. The number of carbonyl (C=O) groups excluding carboxylic acids is 2. The van der Waals surface area contributed by atoms with Crippen molar-refractivity contribution in [2.24, 2.45) is 5.73 Å². The average molecular weight is 970 g/mol. The summed E-state index contributed by atoms with van der Waals surface area (Å²) in [6.45, 7) is 3.79. The maximum atomic E-state index is 12.7. The molecule has 10 heteroatoms. The number of hydrogen-bond donors (Lipinski definition) is 2. The van der Waals surface area contributed by atoms with E-state index in [1.807, 2.05) is 0 Å². The fourth-order valence-electron chi connectivity index (χ4n) is 8.81. The van der Waals surface area contributed by atoms with E-state index in [9.17, 15) is 19.0 Å². The Hall–Kier alpha value is -1.25. The largest absolute Gasteiger partial charge is 0.472 e. The molecule has 0 fully saturated rings. The van der Waals surface area contributed by atoms with Crippen LogP contribution < -0.4 is 5.73 Å². The van der Waals surface area contributed by atoms with E-state index in [1.54, 1.807) is 0 Å². The van der Waals surface area contributed by atoms with Crippen molar-refractivity contribution in [2.75, 3.05) is 26.4 Å². The van der Waals surface area contributed by atoms with Crippen LogP contribution in [0.1, 0.15) is 309 Å². The molecule has 0 saturated carbocycles. The third-order valence-electron chi connectivity index (χ3n) is 13.2. The first-order valence-electron chi connectivity index (χ1n) is 29.2. The lowest BCUT2D eigenvalue weighted by atomic mass is 10.0. The van der Waals surface area contributed by atoms with Gasteiger partial charge in [-0.05, 0) is 38.5 Å². The van der Waals surface area contributed by atoms with Crippen molar-refractivity contribution in [3.8, 4) is 0 Å². The normalized spacial score (nSPS) is 13.1. The minimum atomic E-state index is -4.38. The van der Waals surface area contributed by atoms with Crippen LogP contribution in [-0.2, 0) is 32.7 Å². The van der Waals surface area contributed by atoms with Gasteiger partial charge in [-0.3, -0.25) is 18.6 Å². The number of phosphoric acid groups is 1. The van der Waals surface area contributed by atoms with Crippen LogP contribution in [0.15, 0.2) is 12.2 Å². The number of rotatable bonds is 56. The van der Waals surface area contributed by atoms with Crippen LogP contribution in [0.4, 0.5) is 0 Å². The molecule has 9 nitrogen and oxygen atoms in total. The third-order valence-corrected chi connectivity index (χ3v) is 14.1. The molecule has 0 aliphatic rings. The summed E-state index contributed by atoms with van der Waals surface area (Å²) in [6, 6.07) is 0. The molecule has 0 heterocycles. The first-order valence-corrected chi connectivity index (χ1v) is 30.7. The highest BCUT2D eigenvalue weighted by atomic mass is 31.2. The fraction of sp³-hybridized carbons (Fsp3) is 0.930. The van der Waals surface area contributed by atoms with E-state index in [-0.39, 0.29) is 38.6 Å². The van der Waals surface area contributed by atoms with Crippen LogP contribution in [0, 0.1) is 0 Å². The Bertz CT molecular complexity index is 1110. The number of nitrogens with two attached hydrogens (primary N) is 1. The van der Waals surface area contributed by atoms with Crippen LogP contribution in [0.3, 0.4) is 0 Å². The summed E-state index contributed by atoms with van der Waals surface area (Å²) in [5.74, 6) is -0.808. The van der Waals surface area contributed by atoms with Crippen LogP contribution in [0.5, 0.6) is 0 Å². The minimum Gasteiger partial charge on any atom is -0.462 e. The standard InChI is InChI=1S/C57H112NO8P/c1-3-5-7-9-11-13-15-17-18-19-20-21-22-23-24-25-26-27-28-29-30-31-32-33-34-35-36-38-40-42-44-46-48-50-57(60)66-55(54-65-67(61,62)64-52-51-58)53-63-56(59)49-47-45-43-41-39-37-16-14-12-10-8-6-4-2/h19-20,55H,3-18,21-54,58H2,1-2H3,(H,61,62)/b20-19-. The highest BCUT2D eigenvalue weighted by Gasteiger charge is 2.26. The third kappa shape index (κ3) is 53.9. The summed E-state index contributed by atoms with van der Waals surface area (Å²) in [7, 11) is -4.38. The van der Waals surface area contributed by atoms with Gasteiger partial charge in [0.05, 0.1) is 13.2 Å². The summed E-state index contributed by atoms with van der Waals surface area (Å²) in [5, 5.41) is 0. The second-order valence-electron chi connectivity index (χ2n) is 19.9. The molecule has 2 atom stereocenters. The molecule has 2 unspecified atom stereocenters. The molecular formula is C57H112NO8P. The Morgan fingerprint density at radius 3 is 1.06 bits per heavy atom. The van der Waals surface area contributed by atoms with E-state index in [0.29, 0.717) is 6.42 Å². The van der Waals surface area contributed by atoms with E-state index in [1.165, 1.54) is 244 Å². The smallest absolute Gasteiger partial charge is 0.462 e. The second kappa shape index (κ2) is 54.1. The van der Waals surface area contributed by atoms with Gasteiger partial charge in [0.1, 0.15) is 6.61 Å². The molecule has 0 aromatic carbocycles. The van der Waals surface area contributed by atoms with E-state index in [4.69, 9.17) is 24.3 Å². The molecule has 0 bridgehead atoms. The maximum absolute atomic E-state index is 12.7. The first-order chi connectivity index (χ1) is 32.8. The molecule has 3 N–H and O–H groups in total. The van der Waals surface area contributed by atoms with Crippen LogP contribution in [0.2, 0.25) is 0 Å². The highest BCUT2D eigenvalue weighted by molar-refractivity contribution is 7.47. The molecule has 0 rings (SSSR count). The molecular weight excluding hydrogens is 858 g/mol. The fourth-order valence-corrected chi connectivity index (χ4v) is 9.58. The molecule has 0 aromatic heterocycles. The lowest BCUT2D eigenvalue weighted by Gasteiger charge is -2.19. The summed E-state index contributed by atoms with van der Waals surface area (Å²) in [4.78, 5) is 35.1. The first kappa shape index (κ1) is 65.8. The quantitative estimate of drug-likeness (QED) is 0.0264. The SMILES string of the molecule is CCCCCCCCCC/C=C\CCCCCCCCCCCCCCCCCCCCCCCC(=O)OC(COC(=O)CCCCCCCCCCCCCCC)COP(=O)(O)OCCN. The van der Waals surface area contributed by atoms with E-state index in [0.717, 1.165) is 32.1 Å². The lowest BCUT2D eigenvalue weighted by Crippen LogP contribution is -2.29. The highest BCUT2D eigenvalue weighted by Crippen LogP contribution is 2.43. The van der Waals surface area contributed by atoms with E-state index >= 15 is 0 Å². The Labute approximate surface area is 415 Å². The van der Waals surface area contributed by atoms with Crippen LogP contribution in [0.25, 0.3) is 0 Å². The van der Waals surface area contributed by atoms with Crippen molar-refractivity contribution in [3.05, 3.63) is 12.2 Å². The summed E-state index contributed by atoms with van der Waals surface area (Å²) < 4.78 is 33.0. The van der Waals surface area contributed by atoms with Gasteiger partial charge in [0.2, 0.25) is 0 Å². The van der Waals surface area contributed by atoms with Crippen LogP contribution >= 0.6 is 7.82 Å². The van der Waals surface area contributed by atoms with Gasteiger partial charge in [0.25, 0.3) is 0 Å². The molecule has 398 valence electrons. The zero-order chi connectivity index (χ0) is 48.8. The van der Waals surface area contributed by atoms with Crippen LogP contribution in [-0.4, -0.2) is 49.3 Å². The molecule has 0 amide bonds. The number of hydrogen-bond acceptors (Lipinski definition) is 8. The van der Waals surface area contributed by atoms with Gasteiger partial charge < -0.3 is 20.1 Å². The number of ether oxygens (including phenoxy) is 2. The lowest BCUT2D eigenvalue weighted by molar-refractivity contribution is -0.161. The van der Waals surface area contributed by atoms with Gasteiger partial charge in [0.15, 0.2) is 6.10 Å². The molecule has 67 heavy (non-hydrogen) atoms. The number of unbranched alkanes of at least 4 members (excludes halogenated alkanes) is 41. The summed E-state index contributed by atoms with van der Waals surface area (Å²) >= 11 is 0. The van der Waals surface area contributed by atoms with Gasteiger partial charge in [-0.2, -0.15) is 0 Å². The Kier molecular flexibility index (Phi) is 53.1. The topological polar surface area (TPSA) is 134 Å². The van der Waals surface area contributed by atoms with E-state index in [2.05, 4.69) is 26.0 Å². The average Bonchev–Trinajstić information content (AvgIpc) is 3.32. The molecule has 0 spiro atoms. The predicted octanol–water partition coefficient (Wildman–Crippen LogP) is 18.1. The van der Waals surface area contributed by atoms with E-state index < -0.39 is 26.5 Å². The number of allylic oxidation sites excluding steroid dienone is 2. The Morgan fingerprint density at radius 1 is 0.433 bits per heavy atom. The van der Waals surface area contributed by atoms with Gasteiger partial charge >= 0.3 is 19.8 Å². The number of carbonyl (C=O) groups is 2. The summed E-state index contributed by atoms with van der Waals surface area (Å²) in [5.41, 5.74) is 5.37. The van der Waals surface area contributed by atoms with Gasteiger partial charge in [0, 0.05) is 19.4 Å². The second-order valence-corrected chi connectivity index (χ2v) is 21.3. The molecule has 0 aromatic rings. The van der Waals surface area contributed by atoms with Crippen molar-refractivity contribution in [3.63, 3.8) is 0 Å². The van der Waals surface area contributed by atoms with Gasteiger partial charge in [-0.15, -0.1) is 0 Å². The maximum Gasteiger partial charge on any atom is 0.472 e. The van der Waals surface area contributed by atoms with Crippen molar-refractivity contribution in [1.29, 1.82) is 0 Å². The molecule has 0 radical (unpaired) electrons. The molecule has 0 saturated heterocycles. The number of phosphoric ester groups is 1. The monoisotopic (exact) mass is 970 g/mol. The van der Waals surface area contributed by atoms with Gasteiger partial charge in [-0.25, -0.2) is 4.57 Å². The Balaban J connectivity index is 3.79. The van der Waals surface area contributed by atoms with Crippen molar-refractivity contribution in [1.82, 2.24) is 0 Å². The summed E-state index contributed by atoms with van der Waals surface area (Å²) in [6.07, 6.45) is 61.5. The zero-order valence-electron chi connectivity index (χ0n) is 44.4. The number of esters is 2. The molecule has 0 aliphatic carbocycles. The van der Waals surface area contributed by atoms with Crippen molar-refractivity contribution < 1.29 is 37.6 Å².